The third kappa shape index (κ3) is 5.32. The molecule has 2 aromatic heterocycles. The number of likely N-dealkylation sites (N-methyl/N-ethyl adjacent to an activating group) is 1. The topological polar surface area (TPSA) is 109 Å². The van der Waals surface area contributed by atoms with E-state index in [1.807, 2.05) is 26.0 Å². The average molecular weight is 455 g/mol. The molecule has 0 aliphatic carbocycles. The number of rotatable bonds is 3. The second-order valence-electron chi connectivity index (χ2n) is 7.62. The minimum atomic E-state index is 0.255. The van der Waals surface area contributed by atoms with Crippen molar-refractivity contribution in [3.63, 3.8) is 0 Å². The highest BCUT2D eigenvalue weighted by Crippen LogP contribution is 2.30. The molecule has 8 nitrogen and oxygen atoms in total. The van der Waals surface area contributed by atoms with Crippen molar-refractivity contribution in [2.75, 3.05) is 33.2 Å². The lowest BCUT2D eigenvalue weighted by atomic mass is 10.0. The van der Waals surface area contributed by atoms with Gasteiger partial charge < -0.3 is 16.4 Å². The Morgan fingerprint density at radius 2 is 1.81 bits per heavy atom. The standard InChI is InChI=1S/C21H25ClN8.C2H6/c1-13(23)19-21(24)27-18-11-26-14(12-30-7-5-29(2)6-8-30)9-16(18)20(28-19)15-3-4-25-10-17(15)22;1-2/h3-4,9-11H,5-8,12,23H2,1-2H3,(H2,24,27);1-2H3/b19-13+;. The molecule has 0 radical (unpaired) electrons. The monoisotopic (exact) mass is 454 g/mol. The van der Waals surface area contributed by atoms with Crippen molar-refractivity contribution in [1.82, 2.24) is 19.8 Å². The van der Waals surface area contributed by atoms with E-state index >= 15 is 0 Å². The van der Waals surface area contributed by atoms with Crippen LogP contribution in [-0.4, -0.2) is 64.5 Å². The Kier molecular flexibility index (Phi) is 7.95. The van der Waals surface area contributed by atoms with Crippen LogP contribution in [0.25, 0.3) is 0 Å². The molecule has 2 aromatic rings. The third-order valence-electron chi connectivity index (χ3n) is 5.28. The Hall–Kier alpha value is -2.81. The van der Waals surface area contributed by atoms with Crippen molar-refractivity contribution in [1.29, 1.82) is 0 Å². The van der Waals surface area contributed by atoms with Crippen molar-refractivity contribution in [2.24, 2.45) is 21.5 Å². The first kappa shape index (κ1) is 23.8. The van der Waals surface area contributed by atoms with Crippen LogP contribution in [0.5, 0.6) is 0 Å². The maximum atomic E-state index is 6.46. The number of fused-ring (bicyclic) bond motifs is 1. The van der Waals surface area contributed by atoms with Gasteiger partial charge in [0, 0.05) is 61.9 Å². The van der Waals surface area contributed by atoms with E-state index in [0.29, 0.717) is 27.8 Å². The van der Waals surface area contributed by atoms with Gasteiger partial charge in [0.25, 0.3) is 0 Å². The fourth-order valence-corrected chi connectivity index (χ4v) is 3.78. The van der Waals surface area contributed by atoms with Crippen LogP contribution in [0.2, 0.25) is 5.02 Å². The molecule has 0 saturated carbocycles. The largest absolute Gasteiger partial charge is 0.400 e. The molecule has 0 bridgehead atoms. The highest BCUT2D eigenvalue weighted by molar-refractivity contribution is 6.36. The number of hydrogen-bond acceptors (Lipinski definition) is 8. The molecule has 0 aromatic carbocycles. The summed E-state index contributed by atoms with van der Waals surface area (Å²) in [4.78, 5) is 22.8. The van der Waals surface area contributed by atoms with Crippen molar-refractivity contribution in [3.8, 4) is 0 Å². The second kappa shape index (κ2) is 10.7. The van der Waals surface area contributed by atoms with Gasteiger partial charge >= 0.3 is 0 Å². The summed E-state index contributed by atoms with van der Waals surface area (Å²) in [7, 11) is 2.14. The van der Waals surface area contributed by atoms with Gasteiger partial charge in [-0.1, -0.05) is 25.4 Å². The van der Waals surface area contributed by atoms with Crippen molar-refractivity contribution >= 4 is 28.8 Å². The van der Waals surface area contributed by atoms with E-state index in [1.54, 1.807) is 25.5 Å². The Bertz CT molecular complexity index is 1050. The number of halogens is 1. The van der Waals surface area contributed by atoms with Gasteiger partial charge in [-0.2, -0.15) is 0 Å². The van der Waals surface area contributed by atoms with E-state index in [2.05, 4.69) is 31.8 Å². The Labute approximate surface area is 194 Å². The first-order valence-corrected chi connectivity index (χ1v) is 11.2. The Morgan fingerprint density at radius 3 is 2.47 bits per heavy atom. The SMILES string of the molecule is C/C(N)=C1\N=C(c2ccncc2Cl)c2cc(CN3CCN(C)CC3)ncc2N=C1N.CC. The molecule has 4 rings (SSSR count). The Balaban J connectivity index is 0.00000141. The maximum Gasteiger partial charge on any atom is 0.151 e. The zero-order chi connectivity index (χ0) is 23.3. The fraction of sp³-hybridized carbons (Fsp3) is 0.391. The molecule has 1 fully saturated rings. The minimum Gasteiger partial charge on any atom is -0.400 e. The predicted octanol–water partition coefficient (Wildman–Crippen LogP) is 2.93. The highest BCUT2D eigenvalue weighted by Gasteiger charge is 2.22. The average Bonchev–Trinajstić information content (AvgIpc) is 2.93. The number of nitrogens with two attached hydrogens (primary N) is 2. The quantitative estimate of drug-likeness (QED) is 0.737. The van der Waals surface area contributed by atoms with Crippen LogP contribution in [0.3, 0.4) is 0 Å². The van der Waals surface area contributed by atoms with Gasteiger partial charge in [-0.3, -0.25) is 14.9 Å². The third-order valence-corrected chi connectivity index (χ3v) is 5.59. The van der Waals surface area contributed by atoms with Crippen LogP contribution in [-0.2, 0) is 6.54 Å². The molecule has 0 atom stereocenters. The number of hydrogen-bond donors (Lipinski definition) is 2. The van der Waals surface area contributed by atoms with E-state index in [-0.39, 0.29) is 5.84 Å². The number of nitrogens with zero attached hydrogens (tertiary/aromatic N) is 6. The number of allylic oxidation sites excluding steroid dienone is 1. The molecule has 4 N–H and O–H groups in total. The molecule has 0 amide bonds. The highest BCUT2D eigenvalue weighted by atomic mass is 35.5. The first-order valence-electron chi connectivity index (χ1n) is 10.8. The predicted molar refractivity (Wildman–Crippen MR) is 131 cm³/mol. The van der Waals surface area contributed by atoms with E-state index in [9.17, 15) is 0 Å². The smallest absolute Gasteiger partial charge is 0.151 e. The van der Waals surface area contributed by atoms with Gasteiger partial charge in [0.2, 0.25) is 0 Å². The summed E-state index contributed by atoms with van der Waals surface area (Å²) in [6, 6.07) is 3.85. The van der Waals surface area contributed by atoms with Crippen LogP contribution in [0.1, 0.15) is 37.6 Å². The molecular weight excluding hydrogens is 424 g/mol. The van der Waals surface area contributed by atoms with E-state index in [0.717, 1.165) is 49.5 Å². The van der Waals surface area contributed by atoms with E-state index < -0.39 is 0 Å². The molecule has 1 saturated heterocycles. The van der Waals surface area contributed by atoms with Gasteiger partial charge in [-0.05, 0) is 26.1 Å². The van der Waals surface area contributed by atoms with E-state index in [4.69, 9.17) is 28.1 Å². The minimum absolute atomic E-state index is 0.255. The van der Waals surface area contributed by atoms with Gasteiger partial charge in [0.15, 0.2) is 5.84 Å². The van der Waals surface area contributed by atoms with Crippen LogP contribution < -0.4 is 11.5 Å². The lowest BCUT2D eigenvalue weighted by Gasteiger charge is -2.32. The Morgan fingerprint density at radius 1 is 1.09 bits per heavy atom. The van der Waals surface area contributed by atoms with Crippen LogP contribution in [0, 0.1) is 0 Å². The van der Waals surface area contributed by atoms with Crippen LogP contribution >= 0.6 is 11.6 Å². The lowest BCUT2D eigenvalue weighted by Crippen LogP contribution is -2.44. The molecule has 0 spiro atoms. The van der Waals surface area contributed by atoms with Gasteiger partial charge in [0.05, 0.1) is 28.3 Å². The molecule has 9 heteroatoms. The van der Waals surface area contributed by atoms with E-state index in [1.165, 1.54) is 0 Å². The van der Waals surface area contributed by atoms with Crippen LogP contribution in [0.4, 0.5) is 5.69 Å². The van der Waals surface area contributed by atoms with Gasteiger partial charge in [-0.25, -0.2) is 9.98 Å². The summed E-state index contributed by atoms with van der Waals surface area (Å²) in [5, 5.41) is 0.495. The molecule has 4 heterocycles. The van der Waals surface area contributed by atoms with Crippen molar-refractivity contribution < 1.29 is 0 Å². The first-order chi connectivity index (χ1) is 15.4. The molecule has 0 unspecified atom stereocenters. The summed E-state index contributed by atoms with van der Waals surface area (Å²) in [5.74, 6) is 0.255. The van der Waals surface area contributed by atoms with Crippen LogP contribution in [0.15, 0.2) is 52.1 Å². The fourth-order valence-electron chi connectivity index (χ4n) is 3.57. The maximum absolute atomic E-state index is 6.46. The second-order valence-corrected chi connectivity index (χ2v) is 8.02. The zero-order valence-corrected chi connectivity index (χ0v) is 19.9. The normalized spacial score (nSPS) is 18.5. The number of pyridine rings is 2. The number of aromatic nitrogens is 2. The number of aliphatic imine (C=N–C) groups is 2. The summed E-state index contributed by atoms with van der Waals surface area (Å²) < 4.78 is 0. The summed E-state index contributed by atoms with van der Waals surface area (Å²) >= 11 is 6.46. The number of amidine groups is 1. The molecule has 2 aliphatic rings. The summed E-state index contributed by atoms with van der Waals surface area (Å²) in [6.45, 7) is 10.6. The van der Waals surface area contributed by atoms with Gasteiger partial charge in [0.1, 0.15) is 5.70 Å². The lowest BCUT2D eigenvalue weighted by molar-refractivity contribution is 0.147. The zero-order valence-electron chi connectivity index (χ0n) is 19.1. The summed E-state index contributed by atoms with van der Waals surface area (Å²) in [6.07, 6.45) is 5.02. The van der Waals surface area contributed by atoms with Crippen molar-refractivity contribution in [3.05, 3.63) is 64.0 Å². The molecular formula is C23H31ClN8. The number of piperazine rings is 1. The summed E-state index contributed by atoms with van der Waals surface area (Å²) in [5.41, 5.74) is 17.0. The van der Waals surface area contributed by atoms with Gasteiger partial charge in [-0.15, -0.1) is 0 Å². The molecule has 2 aliphatic heterocycles. The molecule has 32 heavy (non-hydrogen) atoms. The van der Waals surface area contributed by atoms with Crippen molar-refractivity contribution in [2.45, 2.75) is 27.3 Å². The molecule has 170 valence electrons.